The molecule has 2 aromatic rings. The van der Waals surface area contributed by atoms with Gasteiger partial charge in [-0.2, -0.15) is 0 Å². The third-order valence-corrected chi connectivity index (χ3v) is 4.94. The van der Waals surface area contributed by atoms with E-state index in [1.807, 2.05) is 6.07 Å². The first-order chi connectivity index (χ1) is 8.90. The van der Waals surface area contributed by atoms with Crippen molar-refractivity contribution < 1.29 is 8.42 Å². The lowest BCUT2D eigenvalue weighted by molar-refractivity contribution is 0.496. The lowest BCUT2D eigenvalue weighted by Crippen LogP contribution is -2.26. The molecule has 19 heavy (non-hydrogen) atoms. The fourth-order valence-electron chi connectivity index (χ4n) is 2.61. The first-order valence-electron chi connectivity index (χ1n) is 6.30. The lowest BCUT2D eigenvalue weighted by Gasteiger charge is -2.18. The minimum absolute atomic E-state index is 0.0478. The Morgan fingerprint density at radius 1 is 1.37 bits per heavy atom. The maximum Gasteiger partial charge on any atom is 0.177 e. The Hall–Kier alpha value is -1.40. The van der Waals surface area contributed by atoms with Gasteiger partial charge in [-0.3, -0.25) is 0 Å². The quantitative estimate of drug-likeness (QED) is 0.866. The number of nitrogens with one attached hydrogen (secondary N) is 2. The number of para-hydroxylation sites is 1. The summed E-state index contributed by atoms with van der Waals surface area (Å²) in [5.74, 6) is 0.864. The minimum atomic E-state index is -3.26. The van der Waals surface area contributed by atoms with Crippen molar-refractivity contribution in [2.45, 2.75) is 23.7 Å². The van der Waals surface area contributed by atoms with Crippen LogP contribution in [0.15, 0.2) is 23.1 Å². The highest BCUT2D eigenvalue weighted by molar-refractivity contribution is 7.91. The number of hydrogen-bond donors (Lipinski definition) is 2. The van der Waals surface area contributed by atoms with E-state index in [1.54, 1.807) is 12.1 Å². The van der Waals surface area contributed by atoms with Crippen molar-refractivity contribution in [2.24, 2.45) is 0 Å². The van der Waals surface area contributed by atoms with E-state index in [0.717, 1.165) is 30.9 Å². The Morgan fingerprint density at radius 3 is 2.79 bits per heavy atom. The Labute approximate surface area is 112 Å². The minimum Gasteiger partial charge on any atom is -0.341 e. The Balaban J connectivity index is 2.21. The number of hydrogen-bond acceptors (Lipinski definition) is 4. The smallest absolute Gasteiger partial charge is 0.177 e. The van der Waals surface area contributed by atoms with E-state index in [0.29, 0.717) is 10.4 Å². The second-order valence-corrected chi connectivity index (χ2v) is 7.48. The summed E-state index contributed by atoms with van der Waals surface area (Å²) in [5, 5.41) is 3.32. The van der Waals surface area contributed by atoms with Gasteiger partial charge in [0.1, 0.15) is 11.3 Å². The second kappa shape index (κ2) is 4.05. The molecule has 0 bridgehead atoms. The van der Waals surface area contributed by atoms with Crippen LogP contribution >= 0.6 is 0 Å². The van der Waals surface area contributed by atoms with E-state index in [2.05, 4.69) is 22.2 Å². The van der Waals surface area contributed by atoms with Gasteiger partial charge < -0.3 is 10.3 Å². The van der Waals surface area contributed by atoms with Crippen molar-refractivity contribution >= 4 is 20.9 Å². The van der Waals surface area contributed by atoms with E-state index in [-0.39, 0.29) is 5.41 Å². The van der Waals surface area contributed by atoms with E-state index in [4.69, 9.17) is 0 Å². The van der Waals surface area contributed by atoms with Crippen LogP contribution in [0.2, 0.25) is 0 Å². The van der Waals surface area contributed by atoms with Crippen molar-refractivity contribution in [2.75, 3.05) is 19.3 Å². The number of rotatable bonds is 2. The summed E-state index contributed by atoms with van der Waals surface area (Å²) in [4.78, 5) is 8.13. The molecular weight excluding hydrogens is 262 g/mol. The molecule has 1 aliphatic rings. The van der Waals surface area contributed by atoms with Crippen LogP contribution in [-0.4, -0.2) is 37.7 Å². The monoisotopic (exact) mass is 279 g/mol. The first kappa shape index (κ1) is 12.6. The topological polar surface area (TPSA) is 74.8 Å². The zero-order valence-electron chi connectivity index (χ0n) is 11.0. The van der Waals surface area contributed by atoms with Crippen LogP contribution in [0.1, 0.15) is 19.2 Å². The third kappa shape index (κ3) is 2.04. The van der Waals surface area contributed by atoms with Crippen LogP contribution in [-0.2, 0) is 15.3 Å². The summed E-state index contributed by atoms with van der Waals surface area (Å²) < 4.78 is 23.6. The van der Waals surface area contributed by atoms with Gasteiger partial charge in [-0.25, -0.2) is 13.4 Å². The molecule has 1 unspecified atom stereocenters. The first-order valence-corrected chi connectivity index (χ1v) is 8.19. The Morgan fingerprint density at radius 2 is 2.16 bits per heavy atom. The van der Waals surface area contributed by atoms with Crippen LogP contribution in [0.3, 0.4) is 0 Å². The molecule has 0 saturated carbocycles. The van der Waals surface area contributed by atoms with Gasteiger partial charge in [-0.1, -0.05) is 13.0 Å². The van der Waals surface area contributed by atoms with Crippen molar-refractivity contribution in [1.82, 2.24) is 15.3 Å². The summed E-state index contributed by atoms with van der Waals surface area (Å²) in [6.45, 7) is 3.97. The second-order valence-electron chi connectivity index (χ2n) is 5.50. The van der Waals surface area contributed by atoms with E-state index in [9.17, 15) is 8.42 Å². The molecule has 0 aliphatic carbocycles. The highest BCUT2D eigenvalue weighted by Gasteiger charge is 2.34. The molecule has 6 heteroatoms. The third-order valence-electron chi connectivity index (χ3n) is 3.82. The van der Waals surface area contributed by atoms with Crippen LogP contribution < -0.4 is 5.32 Å². The number of aromatic amines is 1. The SMILES string of the molecule is CC1(c2nc3c(S(C)(=O)=O)cccc3[nH]2)CCNC1. The molecule has 1 aromatic carbocycles. The number of H-pyrrole nitrogens is 1. The molecule has 0 radical (unpaired) electrons. The van der Waals surface area contributed by atoms with Gasteiger partial charge in [0, 0.05) is 18.2 Å². The molecule has 0 spiro atoms. The summed E-state index contributed by atoms with van der Waals surface area (Å²) >= 11 is 0. The fraction of sp³-hybridized carbons (Fsp3) is 0.462. The number of sulfone groups is 1. The van der Waals surface area contributed by atoms with Crippen molar-refractivity contribution in [3.05, 3.63) is 24.0 Å². The predicted octanol–water partition coefficient (Wildman–Crippen LogP) is 1.22. The average Bonchev–Trinajstić information content (AvgIpc) is 2.93. The number of imidazole rings is 1. The van der Waals surface area contributed by atoms with Gasteiger partial charge in [0.05, 0.1) is 10.4 Å². The predicted molar refractivity (Wildman–Crippen MR) is 74.0 cm³/mol. The Bertz CT molecular complexity index is 727. The van der Waals surface area contributed by atoms with Crippen LogP contribution in [0, 0.1) is 0 Å². The largest absolute Gasteiger partial charge is 0.341 e. The highest BCUT2D eigenvalue weighted by atomic mass is 32.2. The number of nitrogens with zero attached hydrogens (tertiary/aromatic N) is 1. The summed E-state index contributed by atoms with van der Waals surface area (Å²) in [6, 6.07) is 5.22. The fourth-order valence-corrected chi connectivity index (χ4v) is 3.44. The van der Waals surface area contributed by atoms with Gasteiger partial charge in [-0.15, -0.1) is 0 Å². The summed E-state index contributed by atoms with van der Waals surface area (Å²) in [7, 11) is -3.26. The van der Waals surface area contributed by atoms with Crippen LogP contribution in [0.25, 0.3) is 11.0 Å². The lowest BCUT2D eigenvalue weighted by atomic mass is 9.89. The normalized spacial score (nSPS) is 24.1. The highest BCUT2D eigenvalue weighted by Crippen LogP contribution is 2.31. The molecule has 1 atom stereocenters. The molecule has 5 nitrogen and oxygen atoms in total. The van der Waals surface area contributed by atoms with Crippen molar-refractivity contribution in [3.63, 3.8) is 0 Å². The molecule has 2 heterocycles. The van der Waals surface area contributed by atoms with Gasteiger partial charge in [0.25, 0.3) is 0 Å². The number of benzene rings is 1. The molecule has 102 valence electrons. The van der Waals surface area contributed by atoms with E-state index < -0.39 is 9.84 Å². The van der Waals surface area contributed by atoms with E-state index in [1.165, 1.54) is 6.26 Å². The van der Waals surface area contributed by atoms with Crippen molar-refractivity contribution in [1.29, 1.82) is 0 Å². The molecule has 3 rings (SSSR count). The maximum atomic E-state index is 11.8. The zero-order valence-corrected chi connectivity index (χ0v) is 11.8. The average molecular weight is 279 g/mol. The molecule has 1 saturated heterocycles. The maximum absolute atomic E-state index is 11.8. The van der Waals surface area contributed by atoms with Crippen molar-refractivity contribution in [3.8, 4) is 0 Å². The Kier molecular flexibility index (Phi) is 2.69. The molecule has 1 fully saturated rings. The van der Waals surface area contributed by atoms with Gasteiger partial charge in [-0.05, 0) is 25.1 Å². The molecule has 2 N–H and O–H groups in total. The van der Waals surface area contributed by atoms with Gasteiger partial charge in [0.15, 0.2) is 9.84 Å². The van der Waals surface area contributed by atoms with Crippen LogP contribution in [0.4, 0.5) is 0 Å². The number of fused-ring (bicyclic) bond motifs is 1. The zero-order chi connectivity index (χ0) is 13.7. The molecule has 1 aromatic heterocycles. The standard InChI is InChI=1S/C13H17N3O2S/c1-13(6-7-14-8-13)12-15-9-4-3-5-10(11(9)16-12)19(2,17)18/h3-5,14H,6-8H2,1-2H3,(H,15,16). The molecule has 0 amide bonds. The summed E-state index contributed by atoms with van der Waals surface area (Å²) in [6.07, 6.45) is 2.22. The van der Waals surface area contributed by atoms with Gasteiger partial charge >= 0.3 is 0 Å². The van der Waals surface area contributed by atoms with E-state index >= 15 is 0 Å². The number of aromatic nitrogens is 2. The van der Waals surface area contributed by atoms with Gasteiger partial charge in [0.2, 0.25) is 0 Å². The summed E-state index contributed by atoms with van der Waals surface area (Å²) in [5.41, 5.74) is 1.28. The van der Waals surface area contributed by atoms with Crippen LogP contribution in [0.5, 0.6) is 0 Å². The molecule has 1 aliphatic heterocycles. The molecular formula is C13H17N3O2S.